The molecule has 0 bridgehead atoms. The van der Waals surface area contributed by atoms with Crippen LogP contribution < -0.4 is 9.47 Å². The minimum absolute atomic E-state index is 0.0291. The van der Waals surface area contributed by atoms with Crippen LogP contribution in [-0.4, -0.2) is 46.8 Å². The lowest BCUT2D eigenvalue weighted by Crippen LogP contribution is -2.15. The van der Waals surface area contributed by atoms with Crippen molar-refractivity contribution in [2.75, 3.05) is 19.6 Å². The summed E-state index contributed by atoms with van der Waals surface area (Å²) in [6.45, 7) is 3.91. The maximum Gasteiger partial charge on any atom is 0.305 e. The fourth-order valence-electron chi connectivity index (χ4n) is 4.01. The van der Waals surface area contributed by atoms with Gasteiger partial charge in [-0.1, -0.05) is 43.9 Å². The third-order valence-electron chi connectivity index (χ3n) is 5.75. The zero-order valence-electron chi connectivity index (χ0n) is 20.9. The van der Waals surface area contributed by atoms with Crippen molar-refractivity contribution in [1.29, 1.82) is 0 Å². The summed E-state index contributed by atoms with van der Waals surface area (Å²) < 4.78 is 42.3. The monoisotopic (exact) mass is 539 g/mol. The molecule has 8 nitrogen and oxygen atoms in total. The van der Waals surface area contributed by atoms with E-state index in [0.29, 0.717) is 28.5 Å². The second-order valence-electron chi connectivity index (χ2n) is 8.93. The Morgan fingerprint density at radius 3 is 2.66 bits per heavy atom. The number of nitrogens with zero attached hydrogens (tertiary/aromatic N) is 1. The molecule has 1 unspecified atom stereocenters. The zero-order chi connectivity index (χ0) is 27.2. The molecular formula is C28H27FNO7P. The van der Waals surface area contributed by atoms with Crippen LogP contribution in [0.25, 0.3) is 22.4 Å². The van der Waals surface area contributed by atoms with Crippen LogP contribution in [0.3, 0.4) is 0 Å². The van der Waals surface area contributed by atoms with E-state index >= 15 is 0 Å². The second-order valence-corrected chi connectivity index (χ2v) is 10.4. The number of pyridine rings is 1. The summed E-state index contributed by atoms with van der Waals surface area (Å²) in [5, 5.41) is 18.4. The predicted molar refractivity (Wildman–Crippen MR) is 140 cm³/mol. The van der Waals surface area contributed by atoms with Crippen molar-refractivity contribution < 1.29 is 38.0 Å². The number of halogens is 1. The maximum atomic E-state index is 13.7. The number of rotatable bonds is 9. The molecule has 0 saturated carbocycles. The number of ether oxygens (including phenoxy) is 2. The van der Waals surface area contributed by atoms with E-state index in [9.17, 15) is 18.9 Å². The first kappa shape index (κ1) is 27.3. The number of hydrogen-bond acceptors (Lipinski definition) is 7. The summed E-state index contributed by atoms with van der Waals surface area (Å²) in [5.41, 5.74) is 4.19. The number of carboxylic acid groups (broad SMARTS) is 1. The minimum Gasteiger partial charge on any atom is -0.481 e. The molecule has 2 N–H and O–H groups in total. The molecule has 4 rings (SSSR count). The van der Waals surface area contributed by atoms with Crippen LogP contribution in [0.1, 0.15) is 37.4 Å². The Balaban J connectivity index is 1.71. The third kappa shape index (κ3) is 6.59. The highest BCUT2D eigenvalue weighted by atomic mass is 31.1. The number of aliphatic carboxylic acids is 1. The van der Waals surface area contributed by atoms with Crippen LogP contribution in [0.4, 0.5) is 4.39 Å². The number of hydrogen-bond donors (Lipinski definition) is 2. The Morgan fingerprint density at radius 2 is 1.95 bits per heavy atom. The lowest BCUT2D eigenvalue weighted by Gasteiger charge is -2.16. The van der Waals surface area contributed by atoms with Crippen LogP contribution in [-0.2, 0) is 13.9 Å². The molecule has 0 saturated heterocycles. The van der Waals surface area contributed by atoms with E-state index in [2.05, 4.69) is 11.8 Å². The number of aromatic nitrogens is 1. The smallest absolute Gasteiger partial charge is 0.305 e. The quantitative estimate of drug-likeness (QED) is 0.286. The Labute approximate surface area is 220 Å². The molecule has 2 aromatic carbocycles. The number of benzene rings is 2. The van der Waals surface area contributed by atoms with Gasteiger partial charge in [0.2, 0.25) is 6.79 Å². The first-order chi connectivity index (χ1) is 18.2. The molecule has 0 fully saturated rings. The SMILES string of the molecule is CC(C)c1nc(-c2cccc3c2OCO3)cc(-c2ccc(F)cc2)c1C#CCO[PH](=O)C[C@@H](O)CC(=O)O. The van der Waals surface area contributed by atoms with Crippen molar-refractivity contribution >= 4 is 14.0 Å². The van der Waals surface area contributed by atoms with E-state index in [4.69, 9.17) is 24.1 Å². The molecular weight excluding hydrogens is 512 g/mol. The second kappa shape index (κ2) is 12.2. The van der Waals surface area contributed by atoms with E-state index in [1.807, 2.05) is 38.1 Å². The van der Waals surface area contributed by atoms with Crippen LogP contribution in [0.5, 0.6) is 11.5 Å². The van der Waals surface area contributed by atoms with Gasteiger partial charge in [0.05, 0.1) is 29.5 Å². The number of fused-ring (bicyclic) bond motifs is 1. The summed E-state index contributed by atoms with van der Waals surface area (Å²) in [5.74, 6) is 5.59. The Morgan fingerprint density at radius 1 is 1.18 bits per heavy atom. The van der Waals surface area contributed by atoms with Crippen molar-refractivity contribution in [2.45, 2.75) is 32.3 Å². The molecule has 0 spiro atoms. The van der Waals surface area contributed by atoms with Crippen LogP contribution in [0, 0.1) is 17.7 Å². The number of carbonyl (C=O) groups is 1. The molecule has 1 aliphatic heterocycles. The van der Waals surface area contributed by atoms with Crippen molar-refractivity contribution in [3.63, 3.8) is 0 Å². The van der Waals surface area contributed by atoms with Gasteiger partial charge in [-0.2, -0.15) is 0 Å². The summed E-state index contributed by atoms with van der Waals surface area (Å²) in [6, 6.07) is 13.5. The molecule has 0 aliphatic carbocycles. The van der Waals surface area contributed by atoms with Crippen molar-refractivity contribution in [1.82, 2.24) is 4.98 Å². The number of aliphatic hydroxyl groups is 1. The fourth-order valence-corrected chi connectivity index (χ4v) is 4.89. The number of para-hydroxylation sites is 1. The largest absolute Gasteiger partial charge is 0.481 e. The first-order valence-electron chi connectivity index (χ1n) is 12.0. The van der Waals surface area contributed by atoms with Gasteiger partial charge in [-0.05, 0) is 41.8 Å². The van der Waals surface area contributed by atoms with E-state index in [1.165, 1.54) is 12.1 Å². The molecule has 0 radical (unpaired) electrons. The van der Waals surface area contributed by atoms with Gasteiger partial charge in [0.25, 0.3) is 0 Å². The van der Waals surface area contributed by atoms with Gasteiger partial charge in [0, 0.05) is 17.3 Å². The van der Waals surface area contributed by atoms with E-state index in [1.54, 1.807) is 12.1 Å². The van der Waals surface area contributed by atoms with Crippen molar-refractivity contribution in [2.24, 2.45) is 0 Å². The molecule has 0 amide bonds. The Hall–Kier alpha value is -3.70. The van der Waals surface area contributed by atoms with Gasteiger partial charge in [-0.15, -0.1) is 0 Å². The minimum atomic E-state index is -2.68. The van der Waals surface area contributed by atoms with E-state index in [0.717, 1.165) is 16.7 Å². The van der Waals surface area contributed by atoms with Crippen LogP contribution >= 0.6 is 8.03 Å². The first-order valence-corrected chi connectivity index (χ1v) is 13.5. The molecule has 38 heavy (non-hydrogen) atoms. The van der Waals surface area contributed by atoms with E-state index < -0.39 is 26.5 Å². The van der Waals surface area contributed by atoms with Gasteiger partial charge in [0.15, 0.2) is 19.5 Å². The van der Waals surface area contributed by atoms with Gasteiger partial charge < -0.3 is 24.2 Å². The molecule has 1 aromatic heterocycles. The molecule has 10 heteroatoms. The topological polar surface area (TPSA) is 115 Å². The average molecular weight is 539 g/mol. The van der Waals surface area contributed by atoms with Crippen molar-refractivity contribution in [3.05, 3.63) is 65.6 Å². The fraction of sp³-hybridized carbons (Fsp3) is 0.286. The summed E-state index contributed by atoms with van der Waals surface area (Å²) in [4.78, 5) is 15.6. The van der Waals surface area contributed by atoms with Crippen LogP contribution in [0.15, 0.2) is 48.5 Å². The molecule has 2 atom stereocenters. The lowest BCUT2D eigenvalue weighted by atomic mass is 9.92. The predicted octanol–water partition coefficient (Wildman–Crippen LogP) is 5.09. The van der Waals surface area contributed by atoms with E-state index in [-0.39, 0.29) is 31.3 Å². The van der Waals surface area contributed by atoms with Gasteiger partial charge in [-0.25, -0.2) is 4.39 Å². The summed E-state index contributed by atoms with van der Waals surface area (Å²) >= 11 is 0. The maximum absolute atomic E-state index is 13.7. The van der Waals surface area contributed by atoms with Crippen LogP contribution in [0.2, 0.25) is 0 Å². The average Bonchev–Trinajstić information content (AvgIpc) is 3.35. The molecule has 198 valence electrons. The standard InChI is InChI=1S/C28H27FNO7P/c1-17(2)27-21(6-4-12-37-38(34)15-20(31)13-26(32)33)23(18-8-10-19(29)11-9-18)14-24(30-27)22-5-3-7-25-28(22)36-16-35-25/h3,5,7-11,14,17,20,31,38H,12-13,15-16H2,1-2H3,(H,32,33)/t20-/m0/s1. The highest BCUT2D eigenvalue weighted by Gasteiger charge is 2.22. The normalized spacial score (nSPS) is 13.6. The van der Waals surface area contributed by atoms with Gasteiger partial charge >= 0.3 is 5.97 Å². The number of aliphatic hydroxyl groups excluding tert-OH is 1. The molecule has 3 aromatic rings. The lowest BCUT2D eigenvalue weighted by molar-refractivity contribution is -0.138. The number of carboxylic acids is 1. The Kier molecular flexibility index (Phi) is 8.80. The summed E-state index contributed by atoms with van der Waals surface area (Å²) in [7, 11) is -2.68. The summed E-state index contributed by atoms with van der Waals surface area (Å²) in [6.07, 6.45) is -2.03. The molecule has 1 aliphatic rings. The van der Waals surface area contributed by atoms with Gasteiger partial charge in [0.1, 0.15) is 12.4 Å². The molecule has 2 heterocycles. The van der Waals surface area contributed by atoms with Crippen molar-refractivity contribution in [3.8, 4) is 45.7 Å². The highest BCUT2D eigenvalue weighted by molar-refractivity contribution is 7.39. The Bertz CT molecular complexity index is 1410. The zero-order valence-corrected chi connectivity index (χ0v) is 21.9. The third-order valence-corrected chi connectivity index (χ3v) is 7.02. The highest BCUT2D eigenvalue weighted by Crippen LogP contribution is 2.42. The van der Waals surface area contributed by atoms with Gasteiger partial charge in [-0.3, -0.25) is 14.3 Å².